The number of aryl methyl sites for hydroxylation is 1. The number of hydrazine groups is 1. The maximum Gasteiger partial charge on any atom is 0.276 e. The van der Waals surface area contributed by atoms with Crippen LogP contribution in [0.25, 0.3) is 0 Å². The largest absolute Gasteiger partial charge is 0.483 e. The van der Waals surface area contributed by atoms with Crippen LogP contribution < -0.4 is 20.9 Å². The van der Waals surface area contributed by atoms with Gasteiger partial charge >= 0.3 is 0 Å². The van der Waals surface area contributed by atoms with E-state index in [4.69, 9.17) is 4.74 Å². The first kappa shape index (κ1) is 21.7. The summed E-state index contributed by atoms with van der Waals surface area (Å²) in [4.78, 5) is 34.7. The molecule has 0 saturated heterocycles. The van der Waals surface area contributed by atoms with E-state index in [9.17, 15) is 19.7 Å². The number of hydrogen-bond acceptors (Lipinski definition) is 6. The lowest BCUT2D eigenvalue weighted by atomic mass is 10.0. The lowest BCUT2D eigenvalue weighted by Crippen LogP contribution is -2.44. The van der Waals surface area contributed by atoms with Gasteiger partial charge in [-0.15, -0.1) is 0 Å². The Kier molecular flexibility index (Phi) is 7.13. The third-order valence-electron chi connectivity index (χ3n) is 4.19. The van der Waals surface area contributed by atoms with Gasteiger partial charge in [-0.25, -0.2) is 0 Å². The van der Waals surface area contributed by atoms with E-state index in [1.54, 1.807) is 7.05 Å². The van der Waals surface area contributed by atoms with Crippen molar-refractivity contribution in [3.05, 3.63) is 63.2 Å². The van der Waals surface area contributed by atoms with Crippen molar-refractivity contribution < 1.29 is 19.2 Å². The molecule has 0 aromatic heterocycles. The van der Waals surface area contributed by atoms with Gasteiger partial charge in [-0.1, -0.05) is 26.0 Å². The number of rotatable bonds is 7. The van der Waals surface area contributed by atoms with Gasteiger partial charge in [0.25, 0.3) is 17.5 Å². The molecule has 0 fully saturated rings. The smallest absolute Gasteiger partial charge is 0.276 e. The number of anilines is 1. The van der Waals surface area contributed by atoms with Crippen molar-refractivity contribution in [1.29, 1.82) is 0 Å². The zero-order chi connectivity index (χ0) is 21.6. The van der Waals surface area contributed by atoms with Gasteiger partial charge in [-0.2, -0.15) is 0 Å². The number of amides is 2. The van der Waals surface area contributed by atoms with Gasteiger partial charge in [0.1, 0.15) is 5.75 Å². The second-order valence-electron chi connectivity index (χ2n) is 6.72. The van der Waals surface area contributed by atoms with Crippen molar-refractivity contribution in [2.24, 2.45) is 0 Å². The molecule has 9 nitrogen and oxygen atoms in total. The first-order valence-electron chi connectivity index (χ1n) is 9.01. The first-order valence-corrected chi connectivity index (χ1v) is 9.01. The van der Waals surface area contributed by atoms with Crippen LogP contribution in [0.3, 0.4) is 0 Å². The molecule has 0 spiro atoms. The molecule has 2 aromatic rings. The van der Waals surface area contributed by atoms with Crippen LogP contribution in [-0.4, -0.2) is 30.4 Å². The lowest BCUT2D eigenvalue weighted by molar-refractivity contribution is -0.384. The predicted molar refractivity (Wildman–Crippen MR) is 109 cm³/mol. The summed E-state index contributed by atoms with van der Waals surface area (Å²) >= 11 is 0. The van der Waals surface area contributed by atoms with Crippen molar-refractivity contribution in [2.75, 3.05) is 19.0 Å². The second-order valence-corrected chi connectivity index (χ2v) is 6.72. The zero-order valence-electron chi connectivity index (χ0n) is 16.7. The minimum atomic E-state index is -0.690. The fraction of sp³-hybridized carbons (Fsp3) is 0.300. The van der Waals surface area contributed by atoms with E-state index in [1.807, 2.05) is 39.0 Å². The summed E-state index contributed by atoms with van der Waals surface area (Å²) in [5.74, 6) is -0.421. The highest BCUT2D eigenvalue weighted by molar-refractivity contribution is 6.01. The van der Waals surface area contributed by atoms with E-state index < -0.39 is 16.7 Å². The van der Waals surface area contributed by atoms with Gasteiger partial charge in [-0.3, -0.25) is 30.6 Å². The van der Waals surface area contributed by atoms with Gasteiger partial charge in [0.2, 0.25) is 0 Å². The molecule has 0 atom stereocenters. The summed E-state index contributed by atoms with van der Waals surface area (Å²) in [7, 11) is 1.58. The minimum Gasteiger partial charge on any atom is -0.483 e. The van der Waals surface area contributed by atoms with Crippen LogP contribution in [0.15, 0.2) is 36.4 Å². The molecule has 0 unspecified atom stereocenters. The molecule has 0 radical (unpaired) electrons. The Balaban J connectivity index is 2.00. The second kappa shape index (κ2) is 9.54. The van der Waals surface area contributed by atoms with Crippen LogP contribution in [0.2, 0.25) is 0 Å². The maximum atomic E-state index is 12.3. The molecule has 154 valence electrons. The molecule has 3 N–H and O–H groups in total. The fourth-order valence-corrected chi connectivity index (χ4v) is 2.67. The van der Waals surface area contributed by atoms with E-state index in [0.29, 0.717) is 11.4 Å². The van der Waals surface area contributed by atoms with Crippen molar-refractivity contribution >= 4 is 23.2 Å². The average Bonchev–Trinajstić information content (AvgIpc) is 2.69. The van der Waals surface area contributed by atoms with Gasteiger partial charge in [0.15, 0.2) is 6.61 Å². The third-order valence-corrected chi connectivity index (χ3v) is 4.19. The SMILES string of the molecule is CNc1ccc([N+](=O)[O-])cc1C(=O)NNC(=O)COc1cc(C)ccc1C(C)C. The predicted octanol–water partition coefficient (Wildman–Crippen LogP) is 2.91. The molecular formula is C20H24N4O5. The minimum absolute atomic E-state index is 0.0312. The lowest BCUT2D eigenvalue weighted by Gasteiger charge is -2.15. The number of benzene rings is 2. The van der Waals surface area contributed by atoms with Gasteiger partial charge < -0.3 is 10.1 Å². The van der Waals surface area contributed by atoms with Gasteiger partial charge in [-0.05, 0) is 36.1 Å². The number of nitrogens with one attached hydrogen (secondary N) is 3. The molecule has 2 amide bonds. The molecule has 0 aliphatic rings. The Labute approximate surface area is 168 Å². The molecule has 2 rings (SSSR count). The molecule has 29 heavy (non-hydrogen) atoms. The Hall–Kier alpha value is -3.62. The van der Waals surface area contributed by atoms with Gasteiger partial charge in [0, 0.05) is 24.9 Å². The highest BCUT2D eigenvalue weighted by Gasteiger charge is 2.17. The monoisotopic (exact) mass is 400 g/mol. The highest BCUT2D eigenvalue weighted by atomic mass is 16.6. The maximum absolute atomic E-state index is 12.3. The molecule has 0 aliphatic carbocycles. The van der Waals surface area contributed by atoms with Crippen molar-refractivity contribution in [1.82, 2.24) is 10.9 Å². The van der Waals surface area contributed by atoms with E-state index in [0.717, 1.165) is 17.2 Å². The van der Waals surface area contributed by atoms with E-state index in [2.05, 4.69) is 16.2 Å². The quantitative estimate of drug-likeness (QED) is 0.485. The Morgan fingerprint density at radius 1 is 1.14 bits per heavy atom. The number of hydrogen-bond donors (Lipinski definition) is 3. The number of carbonyl (C=O) groups excluding carboxylic acids is 2. The van der Waals surface area contributed by atoms with Crippen LogP contribution in [0, 0.1) is 17.0 Å². The number of nitro groups is 1. The van der Waals surface area contributed by atoms with Crippen LogP contribution in [0.1, 0.15) is 41.3 Å². The normalized spacial score (nSPS) is 10.4. The summed E-state index contributed by atoms with van der Waals surface area (Å²) in [6.07, 6.45) is 0. The summed E-state index contributed by atoms with van der Waals surface area (Å²) in [6, 6.07) is 9.61. The zero-order valence-corrected chi connectivity index (χ0v) is 16.7. The van der Waals surface area contributed by atoms with Gasteiger partial charge in [0.05, 0.1) is 10.5 Å². The third kappa shape index (κ3) is 5.68. The highest BCUT2D eigenvalue weighted by Crippen LogP contribution is 2.27. The van der Waals surface area contributed by atoms with Crippen LogP contribution in [0.4, 0.5) is 11.4 Å². The van der Waals surface area contributed by atoms with Crippen LogP contribution in [-0.2, 0) is 4.79 Å². The molecule has 0 aliphatic heterocycles. The fourth-order valence-electron chi connectivity index (χ4n) is 2.67. The Morgan fingerprint density at radius 2 is 1.86 bits per heavy atom. The Bertz CT molecular complexity index is 927. The van der Waals surface area contributed by atoms with Crippen molar-refractivity contribution in [2.45, 2.75) is 26.7 Å². The van der Waals surface area contributed by atoms with E-state index in [-0.39, 0.29) is 23.8 Å². The number of nitrogens with zero attached hydrogens (tertiary/aromatic N) is 1. The number of ether oxygens (including phenoxy) is 1. The summed E-state index contributed by atoms with van der Waals surface area (Å²) in [5, 5.41) is 13.7. The molecular weight excluding hydrogens is 376 g/mol. The van der Waals surface area contributed by atoms with E-state index >= 15 is 0 Å². The topological polar surface area (TPSA) is 123 Å². The molecule has 0 saturated carbocycles. The first-order chi connectivity index (χ1) is 13.7. The van der Waals surface area contributed by atoms with Crippen LogP contribution in [0.5, 0.6) is 5.75 Å². The molecule has 0 bridgehead atoms. The molecule has 0 heterocycles. The van der Waals surface area contributed by atoms with Crippen molar-refractivity contribution in [3.8, 4) is 5.75 Å². The van der Waals surface area contributed by atoms with Crippen molar-refractivity contribution in [3.63, 3.8) is 0 Å². The number of non-ortho nitro benzene ring substituents is 1. The number of carbonyl (C=O) groups is 2. The molecule has 9 heteroatoms. The van der Waals surface area contributed by atoms with E-state index in [1.165, 1.54) is 12.1 Å². The molecule has 2 aromatic carbocycles. The summed E-state index contributed by atoms with van der Waals surface area (Å²) in [6.45, 7) is 5.68. The average molecular weight is 400 g/mol. The standard InChI is InChI=1S/C20H24N4O5/c1-12(2)15-7-5-13(3)9-18(15)29-11-19(25)22-23-20(26)16-10-14(24(27)28)6-8-17(16)21-4/h5-10,12,21H,11H2,1-4H3,(H,22,25)(H,23,26). The number of nitro benzene ring substituents is 1. The van der Waals surface area contributed by atoms with Crippen LogP contribution >= 0.6 is 0 Å². The summed E-state index contributed by atoms with van der Waals surface area (Å²) < 4.78 is 5.61. The summed E-state index contributed by atoms with van der Waals surface area (Å²) in [5.41, 5.74) is 6.66. The Morgan fingerprint density at radius 3 is 2.48 bits per heavy atom.